The topological polar surface area (TPSA) is 24.1 Å². The van der Waals surface area contributed by atoms with Gasteiger partial charge in [0.25, 0.3) is 0 Å². The fraction of sp³-hybridized carbons (Fsp3) is 1.00. The molecule has 2 aliphatic heterocycles. The molecule has 70 valence electrons. The lowest BCUT2D eigenvalue weighted by Gasteiger charge is -2.30. The average molecular weight is 168 g/mol. The summed E-state index contributed by atoms with van der Waals surface area (Å²) in [6, 6.07) is 0.766. The summed E-state index contributed by atoms with van der Waals surface area (Å²) in [6.45, 7) is 8.38. The zero-order valence-electron chi connectivity index (χ0n) is 8.14. The van der Waals surface area contributed by atoms with E-state index in [2.05, 4.69) is 24.5 Å². The fourth-order valence-electron chi connectivity index (χ4n) is 2.78. The van der Waals surface area contributed by atoms with Crippen LogP contribution in [-0.4, -0.2) is 25.7 Å². The summed E-state index contributed by atoms with van der Waals surface area (Å²) >= 11 is 0. The van der Waals surface area contributed by atoms with Crippen LogP contribution in [0.15, 0.2) is 0 Å². The molecule has 0 aliphatic carbocycles. The molecular weight excluding hydrogens is 148 g/mol. The Hall–Kier alpha value is -0.0800. The number of fused-ring (bicyclic) bond motifs is 1. The van der Waals surface area contributed by atoms with Crippen molar-refractivity contribution in [2.45, 2.75) is 26.3 Å². The molecule has 0 radical (unpaired) electrons. The van der Waals surface area contributed by atoms with E-state index in [9.17, 15) is 0 Å². The van der Waals surface area contributed by atoms with Crippen LogP contribution in [0.1, 0.15) is 20.3 Å². The van der Waals surface area contributed by atoms with E-state index in [1.807, 2.05) is 0 Å². The predicted octanol–water partition coefficient (Wildman–Crippen LogP) is 0.840. The van der Waals surface area contributed by atoms with Gasteiger partial charge in [-0.3, -0.25) is 0 Å². The molecule has 3 atom stereocenters. The second kappa shape index (κ2) is 3.35. The molecule has 2 rings (SSSR count). The van der Waals surface area contributed by atoms with E-state index in [0.717, 1.165) is 23.8 Å². The Kier molecular flexibility index (Phi) is 2.37. The summed E-state index contributed by atoms with van der Waals surface area (Å²) in [7, 11) is 0. The second-order valence-electron chi connectivity index (χ2n) is 4.59. The molecule has 3 unspecified atom stereocenters. The van der Waals surface area contributed by atoms with Gasteiger partial charge < -0.3 is 10.6 Å². The number of hydrogen-bond acceptors (Lipinski definition) is 2. The van der Waals surface area contributed by atoms with Gasteiger partial charge in [-0.1, -0.05) is 13.8 Å². The summed E-state index contributed by atoms with van der Waals surface area (Å²) in [5.41, 5.74) is 0. The molecule has 2 aliphatic rings. The lowest BCUT2D eigenvalue weighted by atomic mass is 9.82. The van der Waals surface area contributed by atoms with Crippen LogP contribution in [0.2, 0.25) is 0 Å². The SMILES string of the molecule is CC(C)C1NCC2CCNCC21. The van der Waals surface area contributed by atoms with Crippen LogP contribution < -0.4 is 10.6 Å². The molecule has 2 nitrogen and oxygen atoms in total. The van der Waals surface area contributed by atoms with E-state index in [1.54, 1.807) is 0 Å². The van der Waals surface area contributed by atoms with Gasteiger partial charge in [-0.05, 0) is 43.8 Å². The first-order valence-electron chi connectivity index (χ1n) is 5.23. The Morgan fingerprint density at radius 3 is 2.83 bits per heavy atom. The number of rotatable bonds is 1. The Labute approximate surface area is 75.1 Å². The predicted molar refractivity (Wildman–Crippen MR) is 51.1 cm³/mol. The van der Waals surface area contributed by atoms with Gasteiger partial charge in [-0.25, -0.2) is 0 Å². The molecule has 2 saturated heterocycles. The van der Waals surface area contributed by atoms with Crippen molar-refractivity contribution in [1.29, 1.82) is 0 Å². The summed E-state index contributed by atoms with van der Waals surface area (Å²) in [5.74, 6) is 2.65. The van der Waals surface area contributed by atoms with Gasteiger partial charge in [0.2, 0.25) is 0 Å². The maximum atomic E-state index is 3.66. The molecule has 0 spiro atoms. The van der Waals surface area contributed by atoms with Crippen molar-refractivity contribution in [3.63, 3.8) is 0 Å². The zero-order valence-corrected chi connectivity index (χ0v) is 8.14. The third-order valence-corrected chi connectivity index (χ3v) is 3.47. The highest BCUT2D eigenvalue weighted by molar-refractivity contribution is 4.95. The van der Waals surface area contributed by atoms with Crippen LogP contribution in [0, 0.1) is 17.8 Å². The average Bonchev–Trinajstić information content (AvgIpc) is 2.47. The number of nitrogens with one attached hydrogen (secondary N) is 2. The maximum absolute atomic E-state index is 3.66. The van der Waals surface area contributed by atoms with Gasteiger partial charge in [0.15, 0.2) is 0 Å². The number of hydrogen-bond donors (Lipinski definition) is 2. The minimum absolute atomic E-state index is 0.766. The van der Waals surface area contributed by atoms with Gasteiger partial charge in [-0.2, -0.15) is 0 Å². The minimum Gasteiger partial charge on any atom is -0.316 e. The molecule has 0 aromatic carbocycles. The lowest BCUT2D eigenvalue weighted by Crippen LogP contribution is -2.42. The third-order valence-electron chi connectivity index (χ3n) is 3.47. The van der Waals surface area contributed by atoms with E-state index in [0.29, 0.717) is 0 Å². The van der Waals surface area contributed by atoms with Crippen LogP contribution in [-0.2, 0) is 0 Å². The van der Waals surface area contributed by atoms with E-state index in [4.69, 9.17) is 0 Å². The molecular formula is C10H20N2. The van der Waals surface area contributed by atoms with Gasteiger partial charge in [0.05, 0.1) is 0 Å². The van der Waals surface area contributed by atoms with Crippen LogP contribution in [0.4, 0.5) is 0 Å². The lowest BCUT2D eigenvalue weighted by molar-refractivity contribution is 0.252. The van der Waals surface area contributed by atoms with Gasteiger partial charge in [0, 0.05) is 6.04 Å². The fourth-order valence-corrected chi connectivity index (χ4v) is 2.78. The molecule has 0 bridgehead atoms. The van der Waals surface area contributed by atoms with Crippen molar-refractivity contribution in [2.75, 3.05) is 19.6 Å². The molecule has 2 N–H and O–H groups in total. The minimum atomic E-state index is 0.766. The molecule has 0 aromatic heterocycles. The first kappa shape index (κ1) is 8.52. The zero-order chi connectivity index (χ0) is 8.55. The maximum Gasteiger partial charge on any atom is 0.0134 e. The van der Waals surface area contributed by atoms with Crippen molar-refractivity contribution in [3.8, 4) is 0 Å². The Bertz CT molecular complexity index is 156. The standard InChI is InChI=1S/C10H20N2/c1-7(2)10-9-6-11-4-3-8(9)5-12-10/h7-12H,3-6H2,1-2H3. The van der Waals surface area contributed by atoms with Crippen molar-refractivity contribution in [1.82, 2.24) is 10.6 Å². The van der Waals surface area contributed by atoms with Crippen molar-refractivity contribution in [2.24, 2.45) is 17.8 Å². The molecule has 0 saturated carbocycles. The van der Waals surface area contributed by atoms with Crippen molar-refractivity contribution >= 4 is 0 Å². The highest BCUT2D eigenvalue weighted by Crippen LogP contribution is 2.30. The first-order valence-corrected chi connectivity index (χ1v) is 5.23. The Morgan fingerprint density at radius 2 is 2.08 bits per heavy atom. The molecule has 2 fully saturated rings. The van der Waals surface area contributed by atoms with Crippen molar-refractivity contribution in [3.05, 3.63) is 0 Å². The first-order chi connectivity index (χ1) is 5.79. The smallest absolute Gasteiger partial charge is 0.0134 e. The third kappa shape index (κ3) is 1.38. The molecule has 0 aromatic rings. The summed E-state index contributed by atoms with van der Waals surface area (Å²) in [5, 5.41) is 7.16. The summed E-state index contributed by atoms with van der Waals surface area (Å²) in [4.78, 5) is 0. The van der Waals surface area contributed by atoms with Gasteiger partial charge >= 0.3 is 0 Å². The van der Waals surface area contributed by atoms with Crippen LogP contribution in [0.3, 0.4) is 0 Å². The van der Waals surface area contributed by atoms with Gasteiger partial charge in [-0.15, -0.1) is 0 Å². The highest BCUT2D eigenvalue weighted by atomic mass is 15.0. The van der Waals surface area contributed by atoms with E-state index in [-0.39, 0.29) is 0 Å². The van der Waals surface area contributed by atoms with Crippen LogP contribution in [0.5, 0.6) is 0 Å². The Balaban J connectivity index is 2.01. The van der Waals surface area contributed by atoms with Crippen LogP contribution in [0.25, 0.3) is 0 Å². The quantitative estimate of drug-likeness (QED) is 0.606. The molecule has 12 heavy (non-hydrogen) atoms. The van der Waals surface area contributed by atoms with Gasteiger partial charge in [0.1, 0.15) is 0 Å². The van der Waals surface area contributed by atoms with Crippen LogP contribution >= 0.6 is 0 Å². The molecule has 2 heteroatoms. The van der Waals surface area contributed by atoms with Crippen molar-refractivity contribution < 1.29 is 0 Å². The highest BCUT2D eigenvalue weighted by Gasteiger charge is 2.38. The molecule has 2 heterocycles. The largest absolute Gasteiger partial charge is 0.316 e. The second-order valence-corrected chi connectivity index (χ2v) is 4.59. The number of piperidine rings is 1. The monoisotopic (exact) mass is 168 g/mol. The normalized spacial score (nSPS) is 41.8. The van der Waals surface area contributed by atoms with E-state index >= 15 is 0 Å². The van der Waals surface area contributed by atoms with E-state index < -0.39 is 0 Å². The Morgan fingerprint density at radius 1 is 1.25 bits per heavy atom. The summed E-state index contributed by atoms with van der Waals surface area (Å²) < 4.78 is 0. The molecule has 0 amide bonds. The van der Waals surface area contributed by atoms with E-state index in [1.165, 1.54) is 26.1 Å². The summed E-state index contributed by atoms with van der Waals surface area (Å²) in [6.07, 6.45) is 1.38.